The number of allylic oxidation sites excluding steroid dienone is 2. The lowest BCUT2D eigenvalue weighted by atomic mass is 9.85. The molecule has 2 fully saturated rings. The number of halogens is 1. The standard InChI is InChI=1S/C16H14ClNO2/c17-12-5-1-9(2-6-12)8-18-15(19)13-10-3-4-11(7-10)14(13)16(18)20/h1-6,10-11,13-14H,7-8H2. The van der Waals surface area contributed by atoms with Gasteiger partial charge in [-0.3, -0.25) is 14.5 Å². The Morgan fingerprint density at radius 2 is 1.55 bits per heavy atom. The molecule has 102 valence electrons. The third kappa shape index (κ3) is 1.59. The Hall–Kier alpha value is -1.61. The van der Waals surface area contributed by atoms with Crippen molar-refractivity contribution in [2.24, 2.45) is 23.7 Å². The normalized spacial score (nSPS) is 34.1. The highest BCUT2D eigenvalue weighted by atomic mass is 35.5. The fraction of sp³-hybridized carbons (Fsp3) is 0.375. The van der Waals surface area contributed by atoms with Crippen LogP contribution in [0.3, 0.4) is 0 Å². The number of fused-ring (bicyclic) bond motifs is 5. The Balaban J connectivity index is 1.60. The first-order valence-electron chi connectivity index (χ1n) is 6.93. The Labute approximate surface area is 122 Å². The molecule has 1 aromatic carbocycles. The molecule has 0 radical (unpaired) electrons. The Morgan fingerprint density at radius 1 is 1.00 bits per heavy atom. The summed E-state index contributed by atoms with van der Waals surface area (Å²) in [6.45, 7) is 0.362. The fourth-order valence-corrected chi connectivity index (χ4v) is 4.02. The van der Waals surface area contributed by atoms with Gasteiger partial charge in [0.2, 0.25) is 11.8 Å². The van der Waals surface area contributed by atoms with Crippen molar-refractivity contribution in [2.75, 3.05) is 0 Å². The third-order valence-corrected chi connectivity index (χ3v) is 5.07. The molecular weight excluding hydrogens is 274 g/mol. The summed E-state index contributed by atoms with van der Waals surface area (Å²) < 4.78 is 0. The number of hydrogen-bond donors (Lipinski definition) is 0. The van der Waals surface area contributed by atoms with Gasteiger partial charge in [-0.2, -0.15) is 0 Å². The molecule has 2 bridgehead atoms. The topological polar surface area (TPSA) is 37.4 Å². The number of imide groups is 1. The Kier molecular flexibility index (Phi) is 2.55. The van der Waals surface area contributed by atoms with Crippen LogP contribution >= 0.6 is 11.6 Å². The van der Waals surface area contributed by atoms with Gasteiger partial charge in [0, 0.05) is 5.02 Å². The number of carbonyl (C=O) groups is 2. The number of hydrogen-bond acceptors (Lipinski definition) is 2. The smallest absolute Gasteiger partial charge is 0.234 e. The minimum Gasteiger partial charge on any atom is -0.278 e. The molecule has 4 rings (SSSR count). The lowest BCUT2D eigenvalue weighted by molar-refractivity contribution is -0.141. The molecule has 3 nitrogen and oxygen atoms in total. The van der Waals surface area contributed by atoms with E-state index in [9.17, 15) is 9.59 Å². The molecule has 0 N–H and O–H groups in total. The van der Waals surface area contributed by atoms with Crippen LogP contribution in [0.15, 0.2) is 36.4 Å². The van der Waals surface area contributed by atoms with Crippen molar-refractivity contribution in [3.63, 3.8) is 0 Å². The van der Waals surface area contributed by atoms with E-state index in [1.165, 1.54) is 4.90 Å². The zero-order valence-corrected chi connectivity index (χ0v) is 11.6. The summed E-state index contributed by atoms with van der Waals surface area (Å²) in [6.07, 6.45) is 5.20. The summed E-state index contributed by atoms with van der Waals surface area (Å²) in [5.41, 5.74) is 0.941. The zero-order valence-electron chi connectivity index (χ0n) is 10.8. The largest absolute Gasteiger partial charge is 0.278 e. The van der Waals surface area contributed by atoms with Crippen molar-refractivity contribution in [3.05, 3.63) is 47.0 Å². The van der Waals surface area contributed by atoms with Crippen LogP contribution in [0.5, 0.6) is 0 Å². The van der Waals surface area contributed by atoms with E-state index in [1.54, 1.807) is 12.1 Å². The van der Waals surface area contributed by atoms with Gasteiger partial charge in [-0.15, -0.1) is 0 Å². The summed E-state index contributed by atoms with van der Waals surface area (Å²) in [5.74, 6) is 0.349. The fourth-order valence-electron chi connectivity index (χ4n) is 3.89. The van der Waals surface area contributed by atoms with Crippen molar-refractivity contribution in [1.29, 1.82) is 0 Å². The first-order valence-corrected chi connectivity index (χ1v) is 7.31. The molecule has 4 unspecified atom stereocenters. The van der Waals surface area contributed by atoms with E-state index in [4.69, 9.17) is 11.6 Å². The summed E-state index contributed by atoms with van der Waals surface area (Å²) in [4.78, 5) is 26.4. The second-order valence-electron chi connectivity index (χ2n) is 5.89. The van der Waals surface area contributed by atoms with E-state index in [0.717, 1.165) is 12.0 Å². The first-order chi connectivity index (χ1) is 9.65. The molecule has 1 heterocycles. The Bertz CT molecular complexity index is 592. The minimum atomic E-state index is -0.107. The van der Waals surface area contributed by atoms with Gasteiger partial charge < -0.3 is 0 Å². The highest BCUT2D eigenvalue weighted by Gasteiger charge is 2.59. The van der Waals surface area contributed by atoms with Crippen LogP contribution in [0.4, 0.5) is 0 Å². The quantitative estimate of drug-likeness (QED) is 0.619. The molecule has 0 aromatic heterocycles. The average molecular weight is 288 g/mol. The maximum absolute atomic E-state index is 12.5. The van der Waals surface area contributed by atoms with Crippen LogP contribution in [0.25, 0.3) is 0 Å². The lowest BCUT2D eigenvalue weighted by Gasteiger charge is -2.17. The summed E-state index contributed by atoms with van der Waals surface area (Å²) in [7, 11) is 0. The molecule has 1 aliphatic heterocycles. The molecule has 4 atom stereocenters. The summed E-state index contributed by atoms with van der Waals surface area (Å²) in [6, 6.07) is 7.30. The number of rotatable bonds is 2. The molecule has 1 saturated heterocycles. The van der Waals surface area contributed by atoms with Crippen molar-refractivity contribution < 1.29 is 9.59 Å². The predicted molar refractivity (Wildman–Crippen MR) is 74.7 cm³/mol. The van der Waals surface area contributed by atoms with Crippen molar-refractivity contribution in [1.82, 2.24) is 4.90 Å². The van der Waals surface area contributed by atoms with E-state index in [1.807, 2.05) is 12.1 Å². The summed E-state index contributed by atoms with van der Waals surface area (Å²) in [5, 5.41) is 0.659. The molecule has 1 aromatic rings. The highest BCUT2D eigenvalue weighted by molar-refractivity contribution is 6.30. The van der Waals surface area contributed by atoms with E-state index >= 15 is 0 Å². The Morgan fingerprint density at radius 3 is 2.10 bits per heavy atom. The first kappa shape index (κ1) is 12.2. The number of carbonyl (C=O) groups excluding carboxylic acids is 2. The van der Waals surface area contributed by atoms with Crippen LogP contribution in [0, 0.1) is 23.7 Å². The maximum atomic E-state index is 12.5. The van der Waals surface area contributed by atoms with Crippen LogP contribution in [-0.4, -0.2) is 16.7 Å². The molecule has 2 amide bonds. The van der Waals surface area contributed by atoms with Crippen molar-refractivity contribution in [2.45, 2.75) is 13.0 Å². The van der Waals surface area contributed by atoms with E-state index in [-0.39, 0.29) is 35.5 Å². The van der Waals surface area contributed by atoms with Gasteiger partial charge in [0.1, 0.15) is 0 Å². The number of nitrogens with zero attached hydrogens (tertiary/aromatic N) is 1. The molecular formula is C16H14ClNO2. The van der Waals surface area contributed by atoms with E-state index in [0.29, 0.717) is 11.6 Å². The van der Waals surface area contributed by atoms with Crippen LogP contribution < -0.4 is 0 Å². The van der Waals surface area contributed by atoms with Gasteiger partial charge in [0.15, 0.2) is 0 Å². The van der Waals surface area contributed by atoms with Crippen molar-refractivity contribution >= 4 is 23.4 Å². The van der Waals surface area contributed by atoms with Gasteiger partial charge in [0.05, 0.1) is 18.4 Å². The minimum absolute atomic E-state index is 0.00630. The average Bonchev–Trinajstić information content (AvgIpc) is 3.11. The molecule has 20 heavy (non-hydrogen) atoms. The highest BCUT2D eigenvalue weighted by Crippen LogP contribution is 2.52. The zero-order chi connectivity index (χ0) is 13.9. The van der Waals surface area contributed by atoms with Gasteiger partial charge >= 0.3 is 0 Å². The van der Waals surface area contributed by atoms with Gasteiger partial charge in [-0.25, -0.2) is 0 Å². The second kappa shape index (κ2) is 4.19. The molecule has 1 saturated carbocycles. The van der Waals surface area contributed by atoms with Crippen molar-refractivity contribution in [3.8, 4) is 0 Å². The molecule has 0 spiro atoms. The van der Waals surface area contributed by atoms with Crippen LogP contribution in [0.1, 0.15) is 12.0 Å². The number of benzene rings is 1. The van der Waals surface area contributed by atoms with Gasteiger partial charge in [-0.05, 0) is 36.0 Å². The SMILES string of the molecule is O=C1C2C3C=CC(C3)C2C(=O)N1Cc1ccc(Cl)cc1. The monoisotopic (exact) mass is 287 g/mol. The molecule has 3 aliphatic rings. The van der Waals surface area contributed by atoms with Crippen LogP contribution in [0.2, 0.25) is 5.02 Å². The lowest BCUT2D eigenvalue weighted by Crippen LogP contribution is -2.32. The predicted octanol–water partition coefficient (Wildman–Crippen LogP) is 2.65. The third-order valence-electron chi connectivity index (χ3n) is 4.82. The van der Waals surface area contributed by atoms with E-state index in [2.05, 4.69) is 12.2 Å². The molecule has 4 heteroatoms. The van der Waals surface area contributed by atoms with Crippen LogP contribution in [-0.2, 0) is 16.1 Å². The number of amides is 2. The van der Waals surface area contributed by atoms with Gasteiger partial charge in [-0.1, -0.05) is 35.9 Å². The number of likely N-dealkylation sites (tertiary alicyclic amines) is 1. The molecule has 2 aliphatic carbocycles. The second-order valence-corrected chi connectivity index (χ2v) is 6.33. The maximum Gasteiger partial charge on any atom is 0.234 e. The van der Waals surface area contributed by atoms with Gasteiger partial charge in [0.25, 0.3) is 0 Å². The summed E-state index contributed by atoms with van der Waals surface area (Å²) >= 11 is 5.85. The van der Waals surface area contributed by atoms with E-state index < -0.39 is 0 Å².